The average Bonchev–Trinajstić information content (AvgIpc) is 2.84. The molecule has 0 radical (unpaired) electrons. The summed E-state index contributed by atoms with van der Waals surface area (Å²) >= 11 is 1.84. The highest BCUT2D eigenvalue weighted by atomic mass is 32.1. The van der Waals surface area contributed by atoms with E-state index in [1.165, 1.54) is 15.3 Å². The van der Waals surface area contributed by atoms with Gasteiger partial charge < -0.3 is 10.1 Å². The van der Waals surface area contributed by atoms with Gasteiger partial charge >= 0.3 is 0 Å². The van der Waals surface area contributed by atoms with Crippen LogP contribution in [0.3, 0.4) is 0 Å². The Morgan fingerprint density at radius 3 is 2.75 bits per heavy atom. The normalized spacial score (nSPS) is 11.0. The lowest BCUT2D eigenvalue weighted by Crippen LogP contribution is -2.20. The molecule has 0 spiro atoms. The van der Waals surface area contributed by atoms with Crippen LogP contribution in [-0.4, -0.2) is 13.2 Å². The second kappa shape index (κ2) is 7.46. The molecular weight excluding hydrogens is 266 g/mol. The number of thiophene rings is 1. The molecule has 0 aliphatic carbocycles. The highest BCUT2D eigenvalue weighted by molar-refractivity contribution is 7.11. The van der Waals surface area contributed by atoms with Crippen LogP contribution in [0.2, 0.25) is 0 Å². The van der Waals surface area contributed by atoms with E-state index >= 15 is 0 Å². The van der Waals surface area contributed by atoms with Crippen molar-refractivity contribution < 1.29 is 4.74 Å². The fourth-order valence-electron chi connectivity index (χ4n) is 2.00. The Morgan fingerprint density at radius 2 is 2.05 bits per heavy atom. The number of rotatable bonds is 7. The minimum atomic E-state index is 0.541. The molecule has 0 amide bonds. The molecule has 0 saturated carbocycles. The second-order valence-electron chi connectivity index (χ2n) is 5.26. The first-order chi connectivity index (χ1) is 9.65. The van der Waals surface area contributed by atoms with E-state index in [1.54, 1.807) is 0 Å². The molecule has 2 aromatic rings. The number of aryl methyl sites for hydroxylation is 1. The summed E-state index contributed by atoms with van der Waals surface area (Å²) in [5.41, 5.74) is 1.32. The Kier molecular flexibility index (Phi) is 5.62. The molecule has 0 aliphatic heterocycles. The monoisotopic (exact) mass is 289 g/mol. The fourth-order valence-corrected chi connectivity index (χ4v) is 2.86. The summed E-state index contributed by atoms with van der Waals surface area (Å²) < 4.78 is 5.78. The molecule has 1 heterocycles. The number of nitrogens with one attached hydrogen (secondary N) is 1. The van der Waals surface area contributed by atoms with E-state index in [2.05, 4.69) is 56.4 Å². The third-order valence-electron chi connectivity index (χ3n) is 3.17. The van der Waals surface area contributed by atoms with Crippen molar-refractivity contribution in [2.24, 2.45) is 0 Å². The highest BCUT2D eigenvalue weighted by Gasteiger charge is 2.01. The van der Waals surface area contributed by atoms with Crippen LogP contribution in [-0.2, 0) is 6.54 Å². The van der Waals surface area contributed by atoms with Gasteiger partial charge in [0.2, 0.25) is 0 Å². The van der Waals surface area contributed by atoms with Crippen molar-refractivity contribution in [1.82, 2.24) is 5.32 Å². The molecule has 0 saturated heterocycles. The van der Waals surface area contributed by atoms with Gasteiger partial charge in [-0.3, -0.25) is 0 Å². The van der Waals surface area contributed by atoms with Gasteiger partial charge in [0.1, 0.15) is 12.4 Å². The van der Waals surface area contributed by atoms with Gasteiger partial charge in [-0.25, -0.2) is 0 Å². The van der Waals surface area contributed by atoms with Crippen molar-refractivity contribution in [3.05, 3.63) is 51.7 Å². The van der Waals surface area contributed by atoms with Crippen molar-refractivity contribution in [2.75, 3.05) is 13.2 Å². The molecule has 0 fully saturated rings. The zero-order valence-corrected chi connectivity index (χ0v) is 13.3. The summed E-state index contributed by atoms with van der Waals surface area (Å²) in [4.78, 5) is 2.74. The predicted molar refractivity (Wildman–Crippen MR) is 86.8 cm³/mol. The van der Waals surface area contributed by atoms with Gasteiger partial charge in [-0.15, -0.1) is 11.3 Å². The van der Waals surface area contributed by atoms with Gasteiger partial charge in [-0.2, -0.15) is 0 Å². The third-order valence-corrected chi connectivity index (χ3v) is 4.17. The highest BCUT2D eigenvalue weighted by Crippen LogP contribution is 2.20. The topological polar surface area (TPSA) is 21.3 Å². The van der Waals surface area contributed by atoms with Gasteiger partial charge in [0, 0.05) is 22.8 Å². The number of hydrogen-bond acceptors (Lipinski definition) is 3. The Morgan fingerprint density at radius 1 is 1.20 bits per heavy atom. The van der Waals surface area contributed by atoms with Crippen LogP contribution < -0.4 is 10.1 Å². The maximum Gasteiger partial charge on any atom is 0.119 e. The zero-order valence-electron chi connectivity index (χ0n) is 12.5. The molecule has 1 aromatic carbocycles. The largest absolute Gasteiger partial charge is 0.492 e. The summed E-state index contributed by atoms with van der Waals surface area (Å²) in [6.07, 6.45) is 0. The van der Waals surface area contributed by atoms with Gasteiger partial charge in [0.25, 0.3) is 0 Å². The van der Waals surface area contributed by atoms with Gasteiger partial charge in [0.05, 0.1) is 0 Å². The number of benzene rings is 1. The molecule has 1 aromatic heterocycles. The van der Waals surface area contributed by atoms with Crippen LogP contribution in [0.15, 0.2) is 36.4 Å². The van der Waals surface area contributed by atoms with Crippen molar-refractivity contribution in [1.29, 1.82) is 0 Å². The maximum absolute atomic E-state index is 5.78. The minimum Gasteiger partial charge on any atom is -0.492 e. The van der Waals surface area contributed by atoms with Crippen LogP contribution in [0.4, 0.5) is 0 Å². The van der Waals surface area contributed by atoms with E-state index < -0.39 is 0 Å². The van der Waals surface area contributed by atoms with Gasteiger partial charge in [0.15, 0.2) is 0 Å². The average molecular weight is 289 g/mol. The van der Waals surface area contributed by atoms with Crippen LogP contribution in [0.25, 0.3) is 0 Å². The molecule has 2 rings (SSSR count). The Hall–Kier alpha value is -1.32. The first kappa shape index (κ1) is 15.1. The molecule has 0 aliphatic rings. The summed E-state index contributed by atoms with van der Waals surface area (Å²) in [6, 6.07) is 12.7. The van der Waals surface area contributed by atoms with Crippen molar-refractivity contribution >= 4 is 11.3 Å². The van der Waals surface area contributed by atoms with Crippen molar-refractivity contribution in [3.8, 4) is 5.75 Å². The SMILES string of the molecule is Cc1ccc(CNCCOc2cccc(C(C)C)c2)s1. The van der Waals surface area contributed by atoms with Crippen LogP contribution >= 0.6 is 11.3 Å². The van der Waals surface area contributed by atoms with Crippen LogP contribution in [0.1, 0.15) is 35.1 Å². The lowest BCUT2D eigenvalue weighted by molar-refractivity contribution is 0.313. The molecule has 2 nitrogen and oxygen atoms in total. The Balaban J connectivity index is 1.69. The fraction of sp³-hybridized carbons (Fsp3) is 0.412. The quantitative estimate of drug-likeness (QED) is 0.765. The maximum atomic E-state index is 5.78. The lowest BCUT2D eigenvalue weighted by atomic mass is 10.0. The molecule has 0 bridgehead atoms. The second-order valence-corrected chi connectivity index (χ2v) is 6.64. The number of hydrogen-bond donors (Lipinski definition) is 1. The molecule has 1 N–H and O–H groups in total. The smallest absolute Gasteiger partial charge is 0.119 e. The minimum absolute atomic E-state index is 0.541. The first-order valence-electron chi connectivity index (χ1n) is 7.14. The van der Waals surface area contributed by atoms with E-state index in [1.807, 2.05) is 17.4 Å². The van der Waals surface area contributed by atoms with E-state index in [0.717, 1.165) is 18.8 Å². The first-order valence-corrected chi connectivity index (χ1v) is 7.95. The van der Waals surface area contributed by atoms with E-state index in [4.69, 9.17) is 4.74 Å². The Bertz CT molecular complexity index is 533. The molecule has 0 atom stereocenters. The van der Waals surface area contributed by atoms with E-state index in [0.29, 0.717) is 12.5 Å². The molecule has 3 heteroatoms. The standard InChI is InChI=1S/C17H23NOS/c1-13(2)15-5-4-6-16(11-15)19-10-9-18-12-17-8-7-14(3)20-17/h4-8,11,13,18H,9-10,12H2,1-3H3. The van der Waals surface area contributed by atoms with E-state index in [9.17, 15) is 0 Å². The summed E-state index contributed by atoms with van der Waals surface area (Å²) in [5, 5.41) is 3.41. The zero-order chi connectivity index (χ0) is 14.4. The Labute approximate surface area is 125 Å². The lowest BCUT2D eigenvalue weighted by Gasteiger charge is -2.10. The van der Waals surface area contributed by atoms with Crippen LogP contribution in [0, 0.1) is 6.92 Å². The van der Waals surface area contributed by atoms with Gasteiger partial charge in [-0.05, 0) is 42.7 Å². The van der Waals surface area contributed by atoms with Crippen molar-refractivity contribution in [3.63, 3.8) is 0 Å². The number of ether oxygens (including phenoxy) is 1. The molecule has 20 heavy (non-hydrogen) atoms. The van der Waals surface area contributed by atoms with E-state index in [-0.39, 0.29) is 0 Å². The van der Waals surface area contributed by atoms with Crippen molar-refractivity contribution in [2.45, 2.75) is 33.2 Å². The molecule has 108 valence electrons. The van der Waals surface area contributed by atoms with Gasteiger partial charge in [-0.1, -0.05) is 26.0 Å². The molecule has 0 unspecified atom stereocenters. The summed E-state index contributed by atoms with van der Waals surface area (Å²) in [6.45, 7) is 9.02. The van der Waals surface area contributed by atoms with Crippen LogP contribution in [0.5, 0.6) is 5.75 Å². The molecular formula is C17H23NOS. The summed E-state index contributed by atoms with van der Waals surface area (Å²) in [5.74, 6) is 1.50. The predicted octanol–water partition coefficient (Wildman–Crippen LogP) is 4.35. The summed E-state index contributed by atoms with van der Waals surface area (Å²) in [7, 11) is 0. The third kappa shape index (κ3) is 4.66.